The molecule has 0 fully saturated rings. The summed E-state index contributed by atoms with van der Waals surface area (Å²) in [5, 5.41) is 13.2. The molecule has 0 radical (unpaired) electrons. The molecular weight excluding hydrogens is 423 g/mol. The highest BCUT2D eigenvalue weighted by Gasteiger charge is 2.16. The maximum Gasteiger partial charge on any atom is 0.238 e. The molecule has 7 heteroatoms. The first-order valence-corrected chi connectivity index (χ1v) is 9.49. The van der Waals surface area contributed by atoms with Crippen molar-refractivity contribution in [3.05, 3.63) is 33.4 Å². The number of anilines is 2. The van der Waals surface area contributed by atoms with E-state index in [2.05, 4.69) is 50.9 Å². The van der Waals surface area contributed by atoms with Gasteiger partial charge in [0.25, 0.3) is 0 Å². The molecule has 0 saturated carbocycles. The minimum Gasteiger partial charge on any atom is -0.477 e. The van der Waals surface area contributed by atoms with Crippen LogP contribution in [0.3, 0.4) is 0 Å². The predicted molar refractivity (Wildman–Crippen MR) is 101 cm³/mol. The zero-order valence-corrected chi connectivity index (χ0v) is 15.9. The third-order valence-corrected chi connectivity index (χ3v) is 4.26. The van der Waals surface area contributed by atoms with Gasteiger partial charge in [0.1, 0.15) is 6.07 Å². The number of benzene rings is 1. The van der Waals surface area contributed by atoms with Crippen molar-refractivity contribution in [2.45, 2.75) is 24.9 Å². The van der Waals surface area contributed by atoms with Crippen molar-refractivity contribution >= 4 is 45.9 Å². The number of rotatable bonds is 7. The lowest BCUT2D eigenvalue weighted by molar-refractivity contribution is 0.294. The average Bonchev–Trinajstić information content (AvgIpc) is 2.57. The second-order valence-corrected chi connectivity index (χ2v) is 6.70. The van der Waals surface area contributed by atoms with Gasteiger partial charge in [-0.3, -0.25) is 0 Å². The van der Waals surface area contributed by atoms with E-state index < -0.39 is 0 Å². The Labute approximate surface area is 154 Å². The van der Waals surface area contributed by atoms with Gasteiger partial charge in [0.05, 0.1) is 6.61 Å². The molecule has 0 aliphatic carbocycles. The van der Waals surface area contributed by atoms with E-state index in [9.17, 15) is 5.26 Å². The van der Waals surface area contributed by atoms with Gasteiger partial charge in [-0.1, -0.05) is 25.1 Å². The van der Waals surface area contributed by atoms with Crippen molar-refractivity contribution in [3.8, 4) is 11.9 Å². The molecule has 23 heavy (non-hydrogen) atoms. The van der Waals surface area contributed by atoms with Crippen molar-refractivity contribution in [2.75, 3.05) is 18.2 Å². The lowest BCUT2D eigenvalue weighted by Gasteiger charge is -2.12. The number of thioether (sulfide) groups is 1. The Hall–Kier alpha value is -1.53. The van der Waals surface area contributed by atoms with Crippen LogP contribution < -0.4 is 10.1 Å². The normalized spacial score (nSPS) is 10.2. The Kier molecular flexibility index (Phi) is 6.92. The summed E-state index contributed by atoms with van der Waals surface area (Å²) in [7, 11) is 0. The lowest BCUT2D eigenvalue weighted by Crippen LogP contribution is -2.06. The standard InChI is InChI=1S/C16H17IN4OS/c1-3-4-9-22-15-13(10-18)14(20-16(21-15)23-2)19-12-7-5-11(17)6-8-12/h5-8H,3-4,9H2,1-2H3,(H,19,20,21). The molecule has 0 atom stereocenters. The van der Waals surface area contributed by atoms with Crippen LogP contribution in [0.2, 0.25) is 0 Å². The largest absolute Gasteiger partial charge is 0.477 e. The first kappa shape index (κ1) is 17.8. The number of aromatic nitrogens is 2. The molecule has 2 aromatic rings. The van der Waals surface area contributed by atoms with E-state index in [0.717, 1.165) is 22.1 Å². The quantitative estimate of drug-likeness (QED) is 0.294. The van der Waals surface area contributed by atoms with Crippen LogP contribution in [0.15, 0.2) is 29.4 Å². The average molecular weight is 440 g/mol. The monoisotopic (exact) mass is 440 g/mol. The van der Waals surface area contributed by atoms with Crippen LogP contribution >= 0.6 is 34.4 Å². The van der Waals surface area contributed by atoms with Crippen LogP contribution in [0.4, 0.5) is 11.5 Å². The summed E-state index contributed by atoms with van der Waals surface area (Å²) in [4.78, 5) is 8.72. The summed E-state index contributed by atoms with van der Waals surface area (Å²) < 4.78 is 6.82. The van der Waals surface area contributed by atoms with Crippen LogP contribution in [0.1, 0.15) is 25.3 Å². The Balaban J connectivity index is 2.34. The van der Waals surface area contributed by atoms with Crippen molar-refractivity contribution in [2.24, 2.45) is 0 Å². The second-order valence-electron chi connectivity index (χ2n) is 4.68. The van der Waals surface area contributed by atoms with E-state index in [4.69, 9.17) is 4.74 Å². The molecule has 0 aliphatic heterocycles. The Morgan fingerprint density at radius 1 is 1.30 bits per heavy atom. The van der Waals surface area contributed by atoms with Gasteiger partial charge < -0.3 is 10.1 Å². The summed E-state index contributed by atoms with van der Waals surface area (Å²) in [5.41, 5.74) is 1.20. The number of unbranched alkanes of at least 4 members (excludes halogenated alkanes) is 1. The molecule has 1 heterocycles. The Morgan fingerprint density at radius 2 is 2.04 bits per heavy atom. The van der Waals surface area contributed by atoms with Gasteiger partial charge in [0.15, 0.2) is 16.5 Å². The van der Waals surface area contributed by atoms with Crippen LogP contribution in [0, 0.1) is 14.9 Å². The van der Waals surface area contributed by atoms with Gasteiger partial charge in [-0.15, -0.1) is 0 Å². The predicted octanol–water partition coefficient (Wildman–Crippen LogP) is 4.60. The maximum atomic E-state index is 9.48. The molecular formula is C16H17IN4OS. The number of ether oxygens (including phenoxy) is 1. The molecule has 1 aromatic carbocycles. The van der Waals surface area contributed by atoms with E-state index in [-0.39, 0.29) is 0 Å². The van der Waals surface area contributed by atoms with Crippen molar-refractivity contribution in [1.29, 1.82) is 5.26 Å². The van der Waals surface area contributed by atoms with E-state index >= 15 is 0 Å². The van der Waals surface area contributed by atoms with Crippen molar-refractivity contribution < 1.29 is 4.74 Å². The third-order valence-electron chi connectivity index (χ3n) is 2.99. The van der Waals surface area contributed by atoms with Crippen molar-refractivity contribution in [3.63, 3.8) is 0 Å². The number of nitrogens with one attached hydrogen (secondary N) is 1. The molecule has 120 valence electrons. The maximum absolute atomic E-state index is 9.48. The summed E-state index contributed by atoms with van der Waals surface area (Å²) in [6.07, 6.45) is 3.84. The smallest absolute Gasteiger partial charge is 0.238 e. The van der Waals surface area contributed by atoms with Gasteiger partial charge in [0.2, 0.25) is 5.88 Å². The first-order chi connectivity index (χ1) is 11.2. The zero-order chi connectivity index (χ0) is 16.7. The summed E-state index contributed by atoms with van der Waals surface area (Å²) in [5.74, 6) is 0.813. The number of halogens is 1. The second kappa shape index (κ2) is 8.93. The first-order valence-electron chi connectivity index (χ1n) is 7.19. The van der Waals surface area contributed by atoms with Gasteiger partial charge in [-0.25, -0.2) is 4.98 Å². The van der Waals surface area contributed by atoms with E-state index in [1.807, 2.05) is 30.5 Å². The fraction of sp³-hybridized carbons (Fsp3) is 0.312. The third kappa shape index (κ3) is 4.97. The van der Waals surface area contributed by atoms with Gasteiger partial charge >= 0.3 is 0 Å². The Morgan fingerprint density at radius 3 is 2.65 bits per heavy atom. The minimum absolute atomic E-state index is 0.331. The number of hydrogen-bond donors (Lipinski definition) is 1. The lowest BCUT2D eigenvalue weighted by atomic mass is 10.3. The number of nitrogens with zero attached hydrogens (tertiary/aromatic N) is 3. The summed E-state index contributed by atoms with van der Waals surface area (Å²) in [6.45, 7) is 2.63. The molecule has 0 unspecified atom stereocenters. The van der Waals surface area contributed by atoms with Gasteiger partial charge in [-0.05, 0) is 59.5 Å². The number of hydrogen-bond acceptors (Lipinski definition) is 6. The molecule has 0 amide bonds. The molecule has 0 bridgehead atoms. The molecule has 2 rings (SSSR count). The van der Waals surface area contributed by atoms with Crippen LogP contribution in [0.5, 0.6) is 5.88 Å². The summed E-state index contributed by atoms with van der Waals surface area (Å²) in [6, 6.07) is 10.0. The highest BCUT2D eigenvalue weighted by molar-refractivity contribution is 14.1. The minimum atomic E-state index is 0.331. The Bertz CT molecular complexity index is 700. The van der Waals surface area contributed by atoms with Crippen molar-refractivity contribution in [1.82, 2.24) is 9.97 Å². The van der Waals surface area contributed by atoms with Crippen LogP contribution in [-0.4, -0.2) is 22.8 Å². The van der Waals surface area contributed by atoms with Crippen LogP contribution in [0.25, 0.3) is 0 Å². The van der Waals surface area contributed by atoms with Gasteiger partial charge in [0, 0.05) is 9.26 Å². The number of nitriles is 1. The molecule has 1 N–H and O–H groups in total. The molecule has 1 aromatic heterocycles. The van der Waals surface area contributed by atoms with E-state index in [1.54, 1.807) is 0 Å². The van der Waals surface area contributed by atoms with E-state index in [1.165, 1.54) is 11.8 Å². The molecule has 5 nitrogen and oxygen atoms in total. The molecule has 0 saturated heterocycles. The highest BCUT2D eigenvalue weighted by atomic mass is 127. The summed E-state index contributed by atoms with van der Waals surface area (Å²) >= 11 is 3.66. The molecule has 0 aliphatic rings. The fourth-order valence-electron chi connectivity index (χ4n) is 1.79. The molecule has 0 spiro atoms. The fourth-order valence-corrected chi connectivity index (χ4v) is 2.51. The van der Waals surface area contributed by atoms with E-state index in [0.29, 0.717) is 29.0 Å². The highest BCUT2D eigenvalue weighted by Crippen LogP contribution is 2.28. The van der Waals surface area contributed by atoms with Gasteiger partial charge in [-0.2, -0.15) is 10.2 Å². The zero-order valence-electron chi connectivity index (χ0n) is 13.0. The van der Waals surface area contributed by atoms with Crippen LogP contribution in [-0.2, 0) is 0 Å². The topological polar surface area (TPSA) is 70.8 Å². The SMILES string of the molecule is CCCCOc1nc(SC)nc(Nc2ccc(I)cc2)c1C#N.